The maximum Gasteiger partial charge on any atom is 0.194 e. The number of hydrogen-bond donors (Lipinski definition) is 0. The van der Waals surface area contributed by atoms with Crippen LogP contribution in [0.2, 0.25) is 0 Å². The molecule has 0 atom stereocenters. The van der Waals surface area contributed by atoms with E-state index in [0.717, 1.165) is 357 Å². The van der Waals surface area contributed by atoms with Crippen LogP contribution in [-0.4, -0.2) is 11.6 Å². The first kappa shape index (κ1) is 98.2. The van der Waals surface area contributed by atoms with Crippen LogP contribution in [-0.2, 0) is 62.2 Å². The number of unbranched alkanes of at least 4 members (excludes halogenated alkanes) is 24. The van der Waals surface area contributed by atoms with Crippen molar-refractivity contribution in [1.82, 2.24) is 0 Å². The fourth-order valence-electron chi connectivity index (χ4n) is 21.7. The summed E-state index contributed by atoms with van der Waals surface area (Å²) in [6, 6.07) is 43.2. The highest BCUT2D eigenvalue weighted by atomic mass is 32.1. The monoisotopic (exact) mass is 1870 g/mol. The summed E-state index contributed by atoms with van der Waals surface area (Å²) in [4.78, 5) is 32.4. The molecule has 7 aromatic carbocycles. The minimum Gasteiger partial charge on any atom is -0.289 e. The number of allylic oxidation sites excluding steroid dienone is 6. The van der Waals surface area contributed by atoms with Crippen LogP contribution in [0, 0.1) is 80.2 Å². The van der Waals surface area contributed by atoms with E-state index in [2.05, 4.69) is 128 Å². The highest BCUT2D eigenvalue weighted by molar-refractivity contribution is 7.31. The molecule has 694 valence electrons. The molecule has 134 heavy (non-hydrogen) atoms. The van der Waals surface area contributed by atoms with Crippen LogP contribution >= 0.6 is 45.3 Å². The zero-order valence-corrected chi connectivity index (χ0v) is 82.6. The molecule has 4 aromatic heterocycles. The zero-order chi connectivity index (χ0) is 94.5. The number of rotatable bonds is 46. The molecule has 0 unspecified atom stereocenters. The van der Waals surface area contributed by atoms with Crippen molar-refractivity contribution >= 4 is 99.0 Å². The number of Topliss-reactive ketones (excluding diaryl/α,β-unsaturated/α-hetero) is 2. The Morgan fingerprint density at radius 3 is 0.746 bits per heavy atom. The van der Waals surface area contributed by atoms with Crippen molar-refractivity contribution in [3.05, 3.63) is 287 Å². The summed E-state index contributed by atoms with van der Waals surface area (Å²) >= 11 is 5.51. The van der Waals surface area contributed by atoms with Gasteiger partial charge in [-0.25, -0.2) is 26.3 Å². The van der Waals surface area contributed by atoms with Crippen molar-refractivity contribution in [2.75, 3.05) is 0 Å². The van der Waals surface area contributed by atoms with Crippen LogP contribution in [0.1, 0.15) is 391 Å². The number of hydrogen-bond acceptors (Lipinski definition) is 10. The smallest absolute Gasteiger partial charge is 0.194 e. The number of benzene rings is 7. The van der Waals surface area contributed by atoms with E-state index in [1.165, 1.54) is 45.3 Å². The lowest BCUT2D eigenvalue weighted by Crippen LogP contribution is -2.33. The van der Waals surface area contributed by atoms with Crippen LogP contribution < -0.4 is 0 Å². The molecule has 4 aliphatic rings. The predicted molar refractivity (Wildman–Crippen MR) is 544 cm³/mol. The van der Waals surface area contributed by atoms with E-state index in [1.807, 2.05) is 36.4 Å². The summed E-state index contributed by atoms with van der Waals surface area (Å²) in [6.07, 6.45) is 40.9. The lowest BCUT2D eigenvalue weighted by Gasteiger charge is -2.37. The van der Waals surface area contributed by atoms with E-state index in [-0.39, 0.29) is 66.8 Å². The summed E-state index contributed by atoms with van der Waals surface area (Å²) in [6.45, 7) is 17.7. The Morgan fingerprint density at radius 2 is 0.522 bits per heavy atom. The lowest BCUT2D eigenvalue weighted by molar-refractivity contribution is 0.103. The molecule has 16 heteroatoms. The Morgan fingerprint density at radius 1 is 0.291 bits per heavy atom. The van der Waals surface area contributed by atoms with Gasteiger partial charge in [0.25, 0.3) is 0 Å². The Hall–Kier alpha value is -10.3. The summed E-state index contributed by atoms with van der Waals surface area (Å²) in [5, 5.41) is 42.8. The maximum absolute atomic E-state index is 22.9. The molecule has 0 bridgehead atoms. The molecule has 0 N–H and O–H groups in total. The van der Waals surface area contributed by atoms with Gasteiger partial charge < -0.3 is 0 Å². The van der Waals surface area contributed by atoms with Gasteiger partial charge in [0.15, 0.2) is 34.8 Å². The van der Waals surface area contributed by atoms with Gasteiger partial charge in [-0.2, -0.15) is 21.0 Å². The molecular weight excluding hydrogens is 1750 g/mol. The molecule has 0 saturated carbocycles. The van der Waals surface area contributed by atoms with Crippen LogP contribution in [0.5, 0.6) is 0 Å². The molecule has 4 heterocycles. The fourth-order valence-corrected chi connectivity index (χ4v) is 27.2. The van der Waals surface area contributed by atoms with Crippen molar-refractivity contribution < 1.29 is 35.9 Å². The van der Waals surface area contributed by atoms with E-state index in [0.29, 0.717) is 40.0 Å². The molecule has 15 rings (SSSR count). The maximum atomic E-state index is 22.9. The highest BCUT2D eigenvalue weighted by Gasteiger charge is 2.60. The van der Waals surface area contributed by atoms with Gasteiger partial charge in [0.2, 0.25) is 0 Å². The second-order valence-electron chi connectivity index (χ2n) is 37.9. The third-order valence-corrected chi connectivity index (χ3v) is 33.1. The number of thiophene rings is 4. The predicted octanol–water partition coefficient (Wildman–Crippen LogP) is 34.9. The third-order valence-electron chi connectivity index (χ3n) is 28.3. The molecule has 0 saturated heterocycles. The van der Waals surface area contributed by atoms with Gasteiger partial charge in [-0.1, -0.05) is 282 Å². The van der Waals surface area contributed by atoms with E-state index in [9.17, 15) is 21.0 Å². The quantitative estimate of drug-likeness (QED) is 0.0162. The normalized spacial score (nSPS) is 14.3. The van der Waals surface area contributed by atoms with E-state index in [1.54, 1.807) is 12.2 Å². The van der Waals surface area contributed by atoms with Crippen LogP contribution in [0.15, 0.2) is 131 Å². The minimum absolute atomic E-state index is 0.0693. The van der Waals surface area contributed by atoms with Crippen molar-refractivity contribution in [2.45, 2.75) is 323 Å². The van der Waals surface area contributed by atoms with Crippen LogP contribution in [0.25, 0.3) is 63.0 Å². The topological polar surface area (TPSA) is 129 Å². The summed E-state index contributed by atoms with van der Waals surface area (Å²) < 4.78 is 111. The van der Waals surface area contributed by atoms with Crippen LogP contribution in [0.3, 0.4) is 0 Å². The minimum atomic E-state index is -1.66. The molecule has 0 fully saturated rings. The first-order valence-electron chi connectivity index (χ1n) is 50.1. The van der Waals surface area contributed by atoms with Gasteiger partial charge in [-0.05, 0) is 229 Å². The molecular formula is C118H124F6N4O2S4. The molecule has 6 nitrogen and oxygen atoms in total. The number of nitriles is 4. The Kier molecular flexibility index (Phi) is 32.7. The molecule has 4 aliphatic carbocycles. The number of ketones is 2. The van der Waals surface area contributed by atoms with Crippen LogP contribution in [0.4, 0.5) is 26.3 Å². The fraction of sp³-hybridized carbons (Fsp3) is 0.424. The number of carbonyl (C=O) groups excluding carboxylic acids is 2. The number of nitrogens with zero attached hydrogens (tertiary/aromatic N) is 4. The van der Waals surface area contributed by atoms with Crippen molar-refractivity contribution in [1.29, 1.82) is 21.0 Å². The average Bonchev–Trinajstić information content (AvgIpc) is 1.47. The molecule has 11 aromatic rings. The first-order chi connectivity index (χ1) is 65.2. The second kappa shape index (κ2) is 44.7. The summed E-state index contributed by atoms with van der Waals surface area (Å²) in [5.41, 5.74) is 9.09. The number of carbonyl (C=O) groups is 2. The number of aryl methyl sites for hydroxylation is 8. The molecule has 0 amide bonds. The van der Waals surface area contributed by atoms with E-state index >= 15 is 35.9 Å². The van der Waals surface area contributed by atoms with Gasteiger partial charge in [0.1, 0.15) is 47.1 Å². The number of halogens is 6. The van der Waals surface area contributed by atoms with Crippen molar-refractivity contribution in [3.63, 3.8) is 0 Å². The SMILES string of the molecule is CCCCCCc1cc(CCCCCC)cc(C2(c3cc(CCCCCC)cc(CCCCCC)c3)c3c(F)c4c(c(F)c3-c3sc5cc(/C=C6\C(=O)c7cc(F)c(F)cc7C6=C(C#N)C#N)sc5c32)C(c2cc(CCCCCC)cc(CCCCCC)c2)(c2cc(CCCCCC)cc(CCCCCC)c2)c2c-4sc3cc(/C=C4\C(=O)c5cc(F)c(F)cc5C4=C(C#N)C#N)sc23)c1. The van der Waals surface area contributed by atoms with Gasteiger partial charge in [-0.15, -0.1) is 45.3 Å². The average molecular weight is 1870 g/mol. The Balaban J connectivity index is 1.15. The van der Waals surface area contributed by atoms with Crippen molar-refractivity contribution in [3.8, 4) is 45.2 Å². The second-order valence-corrected chi connectivity index (χ2v) is 42.2. The Labute approximate surface area is 805 Å². The zero-order valence-electron chi connectivity index (χ0n) is 79.3. The highest BCUT2D eigenvalue weighted by Crippen LogP contribution is 2.71. The number of fused-ring (bicyclic) bond motifs is 12. The third kappa shape index (κ3) is 19.5. The van der Waals surface area contributed by atoms with Gasteiger partial charge in [0, 0.05) is 95.7 Å². The summed E-state index contributed by atoms with van der Waals surface area (Å²) in [5.74, 6) is -7.48. The first-order valence-corrected chi connectivity index (χ1v) is 53.4. The molecule has 0 radical (unpaired) electrons. The molecule has 0 aliphatic heterocycles. The van der Waals surface area contributed by atoms with E-state index < -0.39 is 68.4 Å². The summed E-state index contributed by atoms with van der Waals surface area (Å²) in [7, 11) is 0. The van der Waals surface area contributed by atoms with E-state index in [4.69, 9.17) is 0 Å². The van der Waals surface area contributed by atoms with Gasteiger partial charge in [-0.3, -0.25) is 9.59 Å². The van der Waals surface area contributed by atoms with Gasteiger partial charge in [0.05, 0.1) is 20.2 Å². The largest absolute Gasteiger partial charge is 0.289 e. The standard InChI is InChI=1S/C118H124F6N4O2S4/c1-9-17-25-33-41-73-49-74(42-34-26-18-10-2)54-83(53-73)117(84-55-75(43-35-27-19-11-3)50-76(56-84)44-36-28-20-12-4)105-103(115-107(117)113-99(133-115)63-87(131-113)61-93-101(81(69-125)70-126)89-65-95(119)97(121)67-91(89)111(93)129)110(124)106-104(109(105)123)116-108(114-100(134-116)64-88(132-114)62-94-102(82(71-127)72-128)90-66-96(120)98(122)68-92(90)112(94)130)118(106,85-57-77(45-37-29-21-13-5)51-78(58-85)46-38-30-22-14-6)86-59-79(47-39-31-23-15-7)52-80(60-86)48-40-32-24-16-8/h49-68H,9-48H2,1-8H3/b93-61-,94-62-. The van der Waals surface area contributed by atoms with Gasteiger partial charge >= 0.3 is 0 Å². The lowest BCUT2D eigenvalue weighted by atomic mass is 9.64. The Bertz CT molecular complexity index is 5910. The molecule has 0 spiro atoms. The van der Waals surface area contributed by atoms with Crippen molar-refractivity contribution in [2.24, 2.45) is 0 Å².